The number of halogens is 1. The quantitative estimate of drug-likeness (QED) is 0.341. The molecule has 0 amide bonds. The average molecular weight is 431 g/mol. The minimum absolute atomic E-state index is 0.237. The van der Waals surface area contributed by atoms with Gasteiger partial charge in [0.05, 0.1) is 5.41 Å². The molecule has 4 rings (SSSR count). The minimum Gasteiger partial charge on any atom is -0.454 e. The number of fused-ring (bicyclic) bond motifs is 1. The SMILES string of the molecule is C#CC(CCC)(CCCc1ccc(F)c(Oc2ccccc2)c1)c1ccc2c(c1)OCO2. The number of hydrogen-bond acceptors (Lipinski definition) is 3. The number of rotatable bonds is 9. The predicted molar refractivity (Wildman–Crippen MR) is 124 cm³/mol. The summed E-state index contributed by atoms with van der Waals surface area (Å²) < 4.78 is 31.0. The molecule has 0 saturated carbocycles. The third-order valence-corrected chi connectivity index (χ3v) is 5.91. The molecule has 4 heteroatoms. The van der Waals surface area contributed by atoms with Gasteiger partial charge in [-0.2, -0.15) is 0 Å². The zero-order valence-corrected chi connectivity index (χ0v) is 18.3. The maximum atomic E-state index is 14.3. The number of ether oxygens (including phenoxy) is 3. The van der Waals surface area contributed by atoms with Crippen LogP contribution in [-0.2, 0) is 11.8 Å². The summed E-state index contributed by atoms with van der Waals surface area (Å²) in [6.45, 7) is 2.39. The predicted octanol–water partition coefficient (Wildman–Crippen LogP) is 7.04. The Morgan fingerprint density at radius 2 is 1.81 bits per heavy atom. The van der Waals surface area contributed by atoms with Crippen molar-refractivity contribution in [2.24, 2.45) is 0 Å². The summed E-state index contributed by atoms with van der Waals surface area (Å²) in [4.78, 5) is 0. The number of benzene rings is 3. The highest BCUT2D eigenvalue weighted by atomic mass is 19.1. The molecular formula is C28H27FO3. The van der Waals surface area contributed by atoms with Crippen molar-refractivity contribution >= 4 is 0 Å². The van der Waals surface area contributed by atoms with Gasteiger partial charge in [0.15, 0.2) is 23.1 Å². The molecule has 1 unspecified atom stereocenters. The topological polar surface area (TPSA) is 27.7 Å². The maximum absolute atomic E-state index is 14.3. The summed E-state index contributed by atoms with van der Waals surface area (Å²) in [5.41, 5.74) is 1.72. The lowest BCUT2D eigenvalue weighted by molar-refractivity contribution is 0.174. The molecule has 1 aliphatic heterocycles. The second-order valence-corrected chi connectivity index (χ2v) is 8.08. The Kier molecular flexibility index (Phi) is 6.66. The highest BCUT2D eigenvalue weighted by Gasteiger charge is 2.30. The average Bonchev–Trinajstić information content (AvgIpc) is 3.29. The Hall–Kier alpha value is -3.45. The van der Waals surface area contributed by atoms with E-state index in [4.69, 9.17) is 20.6 Å². The van der Waals surface area contributed by atoms with Crippen LogP contribution in [0.2, 0.25) is 0 Å². The van der Waals surface area contributed by atoms with Gasteiger partial charge in [-0.25, -0.2) is 4.39 Å². The Morgan fingerprint density at radius 1 is 1.00 bits per heavy atom. The molecule has 164 valence electrons. The first kappa shape index (κ1) is 21.8. The van der Waals surface area contributed by atoms with E-state index in [-0.39, 0.29) is 23.8 Å². The van der Waals surface area contributed by atoms with E-state index in [9.17, 15) is 4.39 Å². The molecule has 0 aromatic heterocycles. The van der Waals surface area contributed by atoms with Crippen LogP contribution in [0.25, 0.3) is 0 Å². The largest absolute Gasteiger partial charge is 0.454 e. The van der Waals surface area contributed by atoms with E-state index >= 15 is 0 Å². The van der Waals surface area contributed by atoms with Crippen LogP contribution in [0.5, 0.6) is 23.0 Å². The van der Waals surface area contributed by atoms with E-state index in [1.165, 1.54) is 6.07 Å². The van der Waals surface area contributed by atoms with Gasteiger partial charge in [0.25, 0.3) is 0 Å². The van der Waals surface area contributed by atoms with Crippen LogP contribution in [-0.4, -0.2) is 6.79 Å². The molecule has 0 radical (unpaired) electrons. The fourth-order valence-electron chi connectivity index (χ4n) is 4.25. The third-order valence-electron chi connectivity index (χ3n) is 5.91. The number of terminal acetylenes is 1. The molecule has 0 saturated heterocycles. The Bertz CT molecular complexity index is 1100. The second-order valence-electron chi connectivity index (χ2n) is 8.08. The first-order valence-corrected chi connectivity index (χ1v) is 11.0. The Labute approximate surface area is 189 Å². The lowest BCUT2D eigenvalue weighted by Crippen LogP contribution is -2.24. The van der Waals surface area contributed by atoms with E-state index < -0.39 is 0 Å². The monoisotopic (exact) mass is 430 g/mol. The number of aryl methyl sites for hydroxylation is 1. The highest BCUT2D eigenvalue weighted by Crippen LogP contribution is 2.40. The van der Waals surface area contributed by atoms with Crippen LogP contribution < -0.4 is 14.2 Å². The summed E-state index contributed by atoms with van der Waals surface area (Å²) in [6, 6.07) is 20.3. The zero-order valence-electron chi connectivity index (χ0n) is 18.3. The second kappa shape index (κ2) is 9.78. The van der Waals surface area contributed by atoms with E-state index in [0.717, 1.165) is 54.7 Å². The van der Waals surface area contributed by atoms with Crippen molar-refractivity contribution in [3.63, 3.8) is 0 Å². The third kappa shape index (κ3) is 4.73. The van der Waals surface area contributed by atoms with E-state index in [1.807, 2.05) is 54.6 Å². The lowest BCUT2D eigenvalue weighted by atomic mass is 9.73. The van der Waals surface area contributed by atoms with Crippen molar-refractivity contribution in [2.45, 2.75) is 44.4 Å². The molecule has 0 aliphatic carbocycles. The molecule has 0 bridgehead atoms. The molecule has 3 nitrogen and oxygen atoms in total. The van der Waals surface area contributed by atoms with Crippen molar-refractivity contribution in [3.8, 4) is 35.3 Å². The summed E-state index contributed by atoms with van der Waals surface area (Å²) in [5.74, 6) is 5.07. The van der Waals surface area contributed by atoms with Crippen molar-refractivity contribution in [2.75, 3.05) is 6.79 Å². The molecule has 1 heterocycles. The summed E-state index contributed by atoms with van der Waals surface area (Å²) in [6.07, 6.45) is 10.4. The van der Waals surface area contributed by atoms with Gasteiger partial charge in [-0.1, -0.05) is 49.6 Å². The van der Waals surface area contributed by atoms with Crippen molar-refractivity contribution in [1.29, 1.82) is 0 Å². The van der Waals surface area contributed by atoms with Gasteiger partial charge in [0, 0.05) is 0 Å². The smallest absolute Gasteiger partial charge is 0.231 e. The van der Waals surface area contributed by atoms with Crippen molar-refractivity contribution in [1.82, 2.24) is 0 Å². The van der Waals surface area contributed by atoms with Crippen LogP contribution in [0.4, 0.5) is 4.39 Å². The molecule has 0 N–H and O–H groups in total. The normalized spacial score (nSPS) is 13.9. The highest BCUT2D eigenvalue weighted by molar-refractivity contribution is 5.48. The Morgan fingerprint density at radius 3 is 2.59 bits per heavy atom. The van der Waals surface area contributed by atoms with Gasteiger partial charge in [-0.3, -0.25) is 0 Å². The Balaban J connectivity index is 1.47. The fraction of sp³-hybridized carbons (Fsp3) is 0.286. The fourth-order valence-corrected chi connectivity index (χ4v) is 4.25. The van der Waals surface area contributed by atoms with Gasteiger partial charge in [-0.15, -0.1) is 6.42 Å². The van der Waals surface area contributed by atoms with Crippen LogP contribution in [0.3, 0.4) is 0 Å². The van der Waals surface area contributed by atoms with Crippen LogP contribution in [0.15, 0.2) is 66.7 Å². The zero-order chi connectivity index (χ0) is 22.4. The van der Waals surface area contributed by atoms with Gasteiger partial charge in [0.1, 0.15) is 5.75 Å². The maximum Gasteiger partial charge on any atom is 0.231 e. The van der Waals surface area contributed by atoms with E-state index in [0.29, 0.717) is 5.75 Å². The molecular weight excluding hydrogens is 403 g/mol. The molecule has 1 aliphatic rings. The van der Waals surface area contributed by atoms with Crippen molar-refractivity contribution < 1.29 is 18.6 Å². The molecule has 3 aromatic rings. The standard InChI is InChI=1S/C28H27FO3/c1-3-16-28(4-2,22-13-15-25-27(19-22)31-20-30-25)17-8-9-21-12-14-24(29)26(18-21)32-23-10-6-5-7-11-23/h2,5-7,10-15,18-19H,3,8-9,16-17,20H2,1H3. The van der Waals surface area contributed by atoms with E-state index in [1.54, 1.807) is 6.07 Å². The summed E-state index contributed by atoms with van der Waals surface area (Å²) in [7, 11) is 0. The minimum atomic E-state index is -0.376. The summed E-state index contributed by atoms with van der Waals surface area (Å²) >= 11 is 0. The molecule has 0 spiro atoms. The van der Waals surface area contributed by atoms with E-state index in [2.05, 4.69) is 12.8 Å². The summed E-state index contributed by atoms with van der Waals surface area (Å²) in [5, 5.41) is 0. The number of hydrogen-bond donors (Lipinski definition) is 0. The van der Waals surface area contributed by atoms with Crippen LogP contribution in [0.1, 0.15) is 43.7 Å². The lowest BCUT2D eigenvalue weighted by Gasteiger charge is -2.29. The van der Waals surface area contributed by atoms with Gasteiger partial charge in [0.2, 0.25) is 6.79 Å². The first-order chi connectivity index (χ1) is 15.6. The molecule has 3 aromatic carbocycles. The molecule has 32 heavy (non-hydrogen) atoms. The van der Waals surface area contributed by atoms with Gasteiger partial charge >= 0.3 is 0 Å². The van der Waals surface area contributed by atoms with Crippen molar-refractivity contribution in [3.05, 3.63) is 83.7 Å². The van der Waals surface area contributed by atoms with Crippen LogP contribution in [0, 0.1) is 18.2 Å². The van der Waals surface area contributed by atoms with Crippen LogP contribution >= 0.6 is 0 Å². The molecule has 0 fully saturated rings. The van der Waals surface area contributed by atoms with Gasteiger partial charge < -0.3 is 14.2 Å². The van der Waals surface area contributed by atoms with Gasteiger partial charge in [-0.05, 0) is 73.2 Å². The molecule has 1 atom stereocenters. The number of para-hydroxylation sites is 1. The first-order valence-electron chi connectivity index (χ1n) is 11.0.